The Morgan fingerprint density at radius 1 is 1.40 bits per heavy atom. The van der Waals surface area contributed by atoms with E-state index in [4.69, 9.17) is 5.26 Å². The molecule has 1 aliphatic rings. The molecule has 0 heterocycles. The topological polar surface area (TPSA) is 44.0 Å². The van der Waals surface area contributed by atoms with Gasteiger partial charge in [0, 0.05) is 6.42 Å². The lowest BCUT2D eigenvalue weighted by Gasteiger charge is -2.29. The minimum atomic E-state index is -0.372. The van der Waals surface area contributed by atoms with Gasteiger partial charge in [-0.3, -0.25) is 0 Å². The van der Waals surface area contributed by atoms with Gasteiger partial charge in [-0.2, -0.15) is 5.26 Å². The molecular weight excluding hydrogens is 186 g/mol. The van der Waals surface area contributed by atoms with Crippen molar-refractivity contribution in [1.82, 2.24) is 0 Å². The van der Waals surface area contributed by atoms with Gasteiger partial charge in [0.1, 0.15) is 0 Å². The number of aryl methyl sites for hydroxylation is 1. The number of hydrogen-bond donors (Lipinski definition) is 1. The fourth-order valence-electron chi connectivity index (χ4n) is 2.36. The average molecular weight is 201 g/mol. The van der Waals surface area contributed by atoms with Gasteiger partial charge in [-0.05, 0) is 36.3 Å². The first-order chi connectivity index (χ1) is 7.33. The quantitative estimate of drug-likeness (QED) is 0.799. The molecule has 1 aromatic rings. The van der Waals surface area contributed by atoms with Crippen molar-refractivity contribution in [2.45, 2.75) is 31.8 Å². The number of rotatable bonds is 2. The molecule has 2 atom stereocenters. The summed E-state index contributed by atoms with van der Waals surface area (Å²) in [5.41, 5.74) is 2.32. The van der Waals surface area contributed by atoms with E-state index in [1.807, 2.05) is 18.2 Å². The first-order valence-electron chi connectivity index (χ1n) is 5.45. The van der Waals surface area contributed by atoms with E-state index in [1.165, 1.54) is 5.56 Å². The van der Waals surface area contributed by atoms with Crippen molar-refractivity contribution in [2.75, 3.05) is 0 Å². The maximum atomic E-state index is 10.1. The maximum absolute atomic E-state index is 10.1. The molecule has 1 aliphatic carbocycles. The zero-order chi connectivity index (χ0) is 10.7. The van der Waals surface area contributed by atoms with Gasteiger partial charge >= 0.3 is 0 Å². The second kappa shape index (κ2) is 4.46. The molecule has 2 nitrogen and oxygen atoms in total. The Kier molecular flexibility index (Phi) is 3.03. The largest absolute Gasteiger partial charge is 0.388 e. The van der Waals surface area contributed by atoms with Crippen LogP contribution >= 0.6 is 0 Å². The van der Waals surface area contributed by atoms with Crippen molar-refractivity contribution in [3.63, 3.8) is 0 Å². The van der Waals surface area contributed by atoms with Gasteiger partial charge in [0.05, 0.1) is 12.2 Å². The third-order valence-electron chi connectivity index (χ3n) is 3.23. The number of aliphatic hydroxyl groups is 1. The Morgan fingerprint density at radius 2 is 2.20 bits per heavy atom. The summed E-state index contributed by atoms with van der Waals surface area (Å²) < 4.78 is 0. The summed E-state index contributed by atoms with van der Waals surface area (Å²) in [5, 5.41) is 18.7. The van der Waals surface area contributed by atoms with Crippen LogP contribution in [0, 0.1) is 17.2 Å². The van der Waals surface area contributed by atoms with Crippen LogP contribution in [0.2, 0.25) is 0 Å². The van der Waals surface area contributed by atoms with Crippen molar-refractivity contribution < 1.29 is 5.11 Å². The van der Waals surface area contributed by atoms with Gasteiger partial charge < -0.3 is 5.11 Å². The molecule has 0 fully saturated rings. The highest BCUT2D eigenvalue weighted by Gasteiger charge is 2.26. The summed E-state index contributed by atoms with van der Waals surface area (Å²) in [5.74, 6) is 0.263. The van der Waals surface area contributed by atoms with E-state index in [0.717, 1.165) is 24.8 Å². The Balaban J connectivity index is 2.15. The average Bonchev–Trinajstić information content (AvgIpc) is 2.29. The summed E-state index contributed by atoms with van der Waals surface area (Å²) in [6, 6.07) is 10.2. The van der Waals surface area contributed by atoms with Crippen LogP contribution in [0.4, 0.5) is 0 Å². The van der Waals surface area contributed by atoms with Gasteiger partial charge in [-0.1, -0.05) is 24.3 Å². The lowest BCUT2D eigenvalue weighted by molar-refractivity contribution is 0.0894. The van der Waals surface area contributed by atoms with Gasteiger partial charge in [0.2, 0.25) is 0 Å². The highest BCUT2D eigenvalue weighted by molar-refractivity contribution is 5.31. The first kappa shape index (κ1) is 10.2. The van der Waals surface area contributed by atoms with Gasteiger partial charge in [-0.25, -0.2) is 0 Å². The summed E-state index contributed by atoms with van der Waals surface area (Å²) in [6.45, 7) is 0. The predicted octanol–water partition coefficient (Wildman–Crippen LogP) is 2.59. The van der Waals surface area contributed by atoms with E-state index in [9.17, 15) is 5.11 Å². The molecule has 15 heavy (non-hydrogen) atoms. The Morgan fingerprint density at radius 3 is 3.00 bits per heavy atom. The van der Waals surface area contributed by atoms with Crippen molar-refractivity contribution in [3.05, 3.63) is 35.4 Å². The smallest absolute Gasteiger partial charge is 0.0821 e. The Bertz CT molecular complexity index is 380. The molecule has 0 saturated carbocycles. The van der Waals surface area contributed by atoms with Crippen molar-refractivity contribution in [3.8, 4) is 6.07 Å². The van der Waals surface area contributed by atoms with Gasteiger partial charge in [0.25, 0.3) is 0 Å². The Labute approximate surface area is 90.2 Å². The lowest BCUT2D eigenvalue weighted by Crippen LogP contribution is -2.20. The van der Waals surface area contributed by atoms with Crippen LogP contribution in [0.1, 0.15) is 36.5 Å². The molecule has 2 heteroatoms. The summed E-state index contributed by atoms with van der Waals surface area (Å²) in [7, 11) is 0. The maximum Gasteiger partial charge on any atom is 0.0821 e. The Hall–Kier alpha value is -1.33. The second-order valence-corrected chi connectivity index (χ2v) is 4.14. The normalized spacial score (nSPS) is 24.3. The predicted molar refractivity (Wildman–Crippen MR) is 58.1 cm³/mol. The summed E-state index contributed by atoms with van der Waals surface area (Å²) in [4.78, 5) is 0. The third kappa shape index (κ3) is 2.03. The van der Waals surface area contributed by atoms with Crippen LogP contribution < -0.4 is 0 Å². The monoisotopic (exact) mass is 201 g/mol. The molecule has 0 aromatic heterocycles. The molecule has 0 radical (unpaired) electrons. The molecule has 0 saturated heterocycles. The lowest BCUT2D eigenvalue weighted by atomic mass is 9.79. The van der Waals surface area contributed by atoms with Crippen LogP contribution in [-0.2, 0) is 6.42 Å². The van der Waals surface area contributed by atoms with E-state index in [1.54, 1.807) is 0 Å². The molecule has 78 valence electrons. The molecule has 0 amide bonds. The second-order valence-electron chi connectivity index (χ2n) is 4.14. The third-order valence-corrected chi connectivity index (χ3v) is 3.23. The van der Waals surface area contributed by atoms with Crippen molar-refractivity contribution in [1.29, 1.82) is 5.26 Å². The molecule has 0 aliphatic heterocycles. The zero-order valence-corrected chi connectivity index (χ0v) is 8.69. The number of benzene rings is 1. The van der Waals surface area contributed by atoms with Crippen LogP contribution in [0.5, 0.6) is 0 Å². The number of nitriles is 1. The van der Waals surface area contributed by atoms with Crippen LogP contribution in [0.3, 0.4) is 0 Å². The van der Waals surface area contributed by atoms with E-state index >= 15 is 0 Å². The van der Waals surface area contributed by atoms with Crippen molar-refractivity contribution in [2.24, 2.45) is 5.92 Å². The fraction of sp³-hybridized carbons (Fsp3) is 0.462. The molecule has 0 spiro atoms. The number of fused-ring (bicyclic) bond motifs is 1. The zero-order valence-electron chi connectivity index (χ0n) is 8.69. The summed E-state index contributed by atoms with van der Waals surface area (Å²) in [6.07, 6.45) is 3.02. The molecule has 0 bridgehead atoms. The number of aliphatic hydroxyl groups excluding tert-OH is 1. The van der Waals surface area contributed by atoms with E-state index < -0.39 is 0 Å². The van der Waals surface area contributed by atoms with E-state index in [2.05, 4.69) is 12.1 Å². The number of nitrogens with zero attached hydrogens (tertiary/aromatic N) is 1. The van der Waals surface area contributed by atoms with Crippen LogP contribution in [0.25, 0.3) is 0 Å². The number of hydrogen-bond acceptors (Lipinski definition) is 2. The van der Waals surface area contributed by atoms with Gasteiger partial charge in [-0.15, -0.1) is 0 Å². The molecule has 2 unspecified atom stereocenters. The SMILES string of the molecule is N#CCCC1CCc2ccccc2C1O. The van der Waals surface area contributed by atoms with Crippen LogP contribution in [0.15, 0.2) is 24.3 Å². The van der Waals surface area contributed by atoms with Gasteiger partial charge in [0.15, 0.2) is 0 Å². The van der Waals surface area contributed by atoms with Crippen LogP contribution in [-0.4, -0.2) is 5.11 Å². The minimum absolute atomic E-state index is 0.263. The molecule has 1 N–H and O–H groups in total. The minimum Gasteiger partial charge on any atom is -0.388 e. The summed E-state index contributed by atoms with van der Waals surface area (Å²) >= 11 is 0. The highest BCUT2D eigenvalue weighted by Crippen LogP contribution is 2.36. The molecule has 1 aromatic carbocycles. The highest BCUT2D eigenvalue weighted by atomic mass is 16.3. The molecular formula is C13H15NO. The fourth-order valence-corrected chi connectivity index (χ4v) is 2.36. The van der Waals surface area contributed by atoms with Crippen molar-refractivity contribution >= 4 is 0 Å². The van der Waals surface area contributed by atoms with E-state index in [0.29, 0.717) is 6.42 Å². The molecule has 2 rings (SSSR count). The standard InChI is InChI=1S/C13H15NO/c14-9-3-5-11-8-7-10-4-1-2-6-12(10)13(11)15/h1-2,4,6,11,13,15H,3,5,7-8H2. The van der Waals surface area contributed by atoms with E-state index in [-0.39, 0.29) is 12.0 Å². The first-order valence-corrected chi connectivity index (χ1v) is 5.45.